The Morgan fingerprint density at radius 2 is 2.10 bits per heavy atom. The summed E-state index contributed by atoms with van der Waals surface area (Å²) in [7, 11) is 0. The molecule has 1 aromatic rings. The Morgan fingerprint density at radius 1 is 1.29 bits per heavy atom. The lowest BCUT2D eigenvalue weighted by atomic mass is 10.2. The molecule has 0 aliphatic carbocycles. The molecule has 0 bridgehead atoms. The van der Waals surface area contributed by atoms with Gasteiger partial charge in [0.2, 0.25) is 0 Å². The first-order valence-electron chi connectivity index (χ1n) is 6.50. The Kier molecular flexibility index (Phi) is 4.19. The van der Waals surface area contributed by atoms with Crippen LogP contribution in [0.4, 0.5) is 9.59 Å². The van der Waals surface area contributed by atoms with Crippen molar-refractivity contribution in [1.82, 2.24) is 15.1 Å². The van der Waals surface area contributed by atoms with Crippen molar-refractivity contribution >= 4 is 47.0 Å². The molecule has 21 heavy (non-hydrogen) atoms. The van der Waals surface area contributed by atoms with Crippen LogP contribution in [0.2, 0.25) is 10.0 Å². The zero-order chi connectivity index (χ0) is 15.0. The van der Waals surface area contributed by atoms with E-state index in [-0.39, 0.29) is 17.4 Å². The third-order valence-corrected chi connectivity index (χ3v) is 5.45. The molecule has 0 saturated carbocycles. The normalized spacial score (nSPS) is 21.8. The summed E-state index contributed by atoms with van der Waals surface area (Å²) >= 11 is 13.6. The van der Waals surface area contributed by atoms with Gasteiger partial charge in [-0.15, -0.1) is 11.8 Å². The molecule has 2 saturated heterocycles. The fourth-order valence-corrected chi connectivity index (χ4v) is 3.96. The van der Waals surface area contributed by atoms with E-state index >= 15 is 0 Å². The van der Waals surface area contributed by atoms with Crippen molar-refractivity contribution in [3.63, 3.8) is 0 Å². The first-order valence-corrected chi connectivity index (χ1v) is 8.31. The second-order valence-electron chi connectivity index (χ2n) is 4.76. The van der Waals surface area contributed by atoms with Gasteiger partial charge in [0.25, 0.3) is 0 Å². The second kappa shape index (κ2) is 5.94. The van der Waals surface area contributed by atoms with Gasteiger partial charge in [-0.1, -0.05) is 29.3 Å². The van der Waals surface area contributed by atoms with Gasteiger partial charge in [-0.05, 0) is 17.7 Å². The number of imide groups is 1. The average Bonchev–Trinajstić information content (AvgIpc) is 3.10. The minimum Gasteiger partial charge on any atom is -0.336 e. The summed E-state index contributed by atoms with van der Waals surface area (Å²) in [6.07, 6.45) is 0. The standard InChI is InChI=1S/C13H13Cl2N3O2S/c14-9-2-1-8(7-10(9)15)11-17(5-6-21-11)13(20)18-4-3-16-12(18)19/h1-2,7,11H,3-6H2,(H,16,19)/t11-/m0/s1. The molecule has 0 aromatic heterocycles. The van der Waals surface area contributed by atoms with Crippen molar-refractivity contribution in [2.75, 3.05) is 25.4 Å². The quantitative estimate of drug-likeness (QED) is 0.850. The predicted octanol–water partition coefficient (Wildman–Crippen LogP) is 3.19. The van der Waals surface area contributed by atoms with Gasteiger partial charge in [-0.3, -0.25) is 0 Å². The minimum atomic E-state index is -0.329. The van der Waals surface area contributed by atoms with Gasteiger partial charge in [0, 0.05) is 25.4 Å². The number of urea groups is 2. The Balaban J connectivity index is 1.83. The highest BCUT2D eigenvalue weighted by atomic mass is 35.5. The molecule has 2 heterocycles. The second-order valence-corrected chi connectivity index (χ2v) is 6.76. The van der Waals surface area contributed by atoms with Crippen LogP contribution in [0.25, 0.3) is 0 Å². The summed E-state index contributed by atoms with van der Waals surface area (Å²) in [5.41, 5.74) is 0.917. The van der Waals surface area contributed by atoms with Crippen LogP contribution in [0.15, 0.2) is 18.2 Å². The highest BCUT2D eigenvalue weighted by Gasteiger charge is 2.37. The smallest absolute Gasteiger partial charge is 0.329 e. The van der Waals surface area contributed by atoms with E-state index in [1.165, 1.54) is 4.90 Å². The monoisotopic (exact) mass is 345 g/mol. The molecule has 112 valence electrons. The molecular formula is C13H13Cl2N3O2S. The summed E-state index contributed by atoms with van der Waals surface area (Å²) in [6, 6.07) is 4.78. The molecule has 2 aliphatic heterocycles. The number of amides is 4. The van der Waals surface area contributed by atoms with Crippen LogP contribution >= 0.6 is 35.0 Å². The Bertz CT molecular complexity index is 599. The Hall–Kier alpha value is -1.11. The van der Waals surface area contributed by atoms with E-state index in [1.807, 2.05) is 6.07 Å². The Labute approximate surface area is 136 Å². The van der Waals surface area contributed by atoms with Crippen LogP contribution in [0.5, 0.6) is 0 Å². The predicted molar refractivity (Wildman–Crippen MR) is 83.9 cm³/mol. The summed E-state index contributed by atoms with van der Waals surface area (Å²) in [4.78, 5) is 27.1. The summed E-state index contributed by atoms with van der Waals surface area (Å²) in [5.74, 6) is 0.826. The number of rotatable bonds is 1. The van der Waals surface area contributed by atoms with E-state index in [0.717, 1.165) is 11.3 Å². The molecule has 1 atom stereocenters. The number of carbonyl (C=O) groups is 2. The average molecular weight is 346 g/mol. The fourth-order valence-electron chi connectivity index (χ4n) is 2.42. The topological polar surface area (TPSA) is 52.7 Å². The van der Waals surface area contributed by atoms with Gasteiger partial charge in [0.05, 0.1) is 10.0 Å². The summed E-state index contributed by atoms with van der Waals surface area (Å²) in [5, 5.41) is 3.45. The molecule has 4 amide bonds. The van der Waals surface area contributed by atoms with Crippen molar-refractivity contribution in [3.8, 4) is 0 Å². The highest BCUT2D eigenvalue weighted by Crippen LogP contribution is 2.40. The third kappa shape index (κ3) is 2.80. The van der Waals surface area contributed by atoms with Crippen molar-refractivity contribution in [2.24, 2.45) is 0 Å². The molecule has 3 rings (SSSR count). The number of halogens is 2. The van der Waals surface area contributed by atoms with Crippen LogP contribution in [-0.2, 0) is 0 Å². The van der Waals surface area contributed by atoms with Crippen LogP contribution in [0, 0.1) is 0 Å². The zero-order valence-electron chi connectivity index (χ0n) is 11.0. The lowest BCUT2D eigenvalue weighted by Gasteiger charge is -2.27. The van der Waals surface area contributed by atoms with E-state index in [4.69, 9.17) is 23.2 Å². The van der Waals surface area contributed by atoms with E-state index in [0.29, 0.717) is 29.7 Å². The maximum Gasteiger partial charge on any atom is 0.329 e. The summed E-state index contributed by atoms with van der Waals surface area (Å²) in [6.45, 7) is 1.52. The minimum absolute atomic E-state index is 0.138. The van der Waals surface area contributed by atoms with Gasteiger partial charge in [-0.2, -0.15) is 0 Å². The molecule has 0 unspecified atom stereocenters. The van der Waals surface area contributed by atoms with E-state index in [1.54, 1.807) is 28.8 Å². The number of thioether (sulfide) groups is 1. The number of hydrogen-bond donors (Lipinski definition) is 1. The molecule has 1 aromatic carbocycles. The molecule has 5 nitrogen and oxygen atoms in total. The maximum atomic E-state index is 12.5. The number of benzene rings is 1. The van der Waals surface area contributed by atoms with Crippen molar-refractivity contribution in [2.45, 2.75) is 5.37 Å². The van der Waals surface area contributed by atoms with Gasteiger partial charge in [-0.25, -0.2) is 14.5 Å². The molecule has 8 heteroatoms. The number of nitrogens with one attached hydrogen (secondary N) is 1. The van der Waals surface area contributed by atoms with Crippen LogP contribution in [0.1, 0.15) is 10.9 Å². The van der Waals surface area contributed by atoms with E-state index < -0.39 is 0 Å². The molecule has 2 fully saturated rings. The van der Waals surface area contributed by atoms with Gasteiger partial charge in [0.15, 0.2) is 0 Å². The molecular weight excluding hydrogens is 333 g/mol. The zero-order valence-corrected chi connectivity index (χ0v) is 13.3. The lowest BCUT2D eigenvalue weighted by molar-refractivity contribution is 0.165. The van der Waals surface area contributed by atoms with E-state index in [9.17, 15) is 9.59 Å². The van der Waals surface area contributed by atoms with Crippen molar-refractivity contribution in [1.29, 1.82) is 0 Å². The first kappa shape index (κ1) is 14.8. The third-order valence-electron chi connectivity index (χ3n) is 3.45. The fraction of sp³-hybridized carbons (Fsp3) is 0.385. The van der Waals surface area contributed by atoms with Gasteiger partial charge >= 0.3 is 12.1 Å². The molecule has 0 spiro atoms. The summed E-state index contributed by atoms with van der Waals surface area (Å²) < 4.78 is 0. The van der Waals surface area contributed by atoms with Crippen LogP contribution in [0.3, 0.4) is 0 Å². The maximum absolute atomic E-state index is 12.5. The van der Waals surface area contributed by atoms with Crippen LogP contribution in [-0.4, -0.2) is 47.2 Å². The largest absolute Gasteiger partial charge is 0.336 e. The number of nitrogens with zero attached hydrogens (tertiary/aromatic N) is 2. The van der Waals surface area contributed by atoms with Crippen molar-refractivity contribution < 1.29 is 9.59 Å². The SMILES string of the molecule is O=C1NCCN1C(=O)N1CCS[C@H]1c1ccc(Cl)c(Cl)c1. The van der Waals surface area contributed by atoms with Gasteiger partial charge in [0.1, 0.15) is 5.37 Å². The highest BCUT2D eigenvalue weighted by molar-refractivity contribution is 7.99. The molecule has 2 aliphatic rings. The molecule has 0 radical (unpaired) electrons. The lowest BCUT2D eigenvalue weighted by Crippen LogP contribution is -2.44. The number of hydrogen-bond acceptors (Lipinski definition) is 3. The van der Waals surface area contributed by atoms with Crippen LogP contribution < -0.4 is 5.32 Å². The van der Waals surface area contributed by atoms with Crippen molar-refractivity contribution in [3.05, 3.63) is 33.8 Å². The van der Waals surface area contributed by atoms with Gasteiger partial charge < -0.3 is 10.2 Å². The Morgan fingerprint density at radius 3 is 2.76 bits per heavy atom. The molecule has 1 N–H and O–H groups in total. The van der Waals surface area contributed by atoms with E-state index in [2.05, 4.69) is 5.32 Å². The first-order chi connectivity index (χ1) is 10.1. The number of carbonyl (C=O) groups excluding carboxylic acids is 2.